The van der Waals surface area contributed by atoms with Gasteiger partial charge in [-0.1, -0.05) is 84.4 Å². The van der Waals surface area contributed by atoms with Gasteiger partial charge < -0.3 is 9.84 Å². The van der Waals surface area contributed by atoms with E-state index in [4.69, 9.17) is 4.74 Å². The molecule has 3 aromatic carbocycles. The van der Waals surface area contributed by atoms with Crippen LogP contribution >= 0.6 is 0 Å². The standard InChI is InChI=1S/C28H29N5O4/c1-3-37-26(36)18-33-28(30-31-32-33)27(22-14-12-21(13-15-22)20-9-5-4-6-10-20)29-24(17-25(34)35)23-11-7-8-19(2)16-23/h4-16,24,27,29H,3,17-18H2,1-2H3,(H,34,35). The normalized spacial score (nSPS) is 12.6. The number of aliphatic carboxylic acids is 1. The zero-order valence-corrected chi connectivity index (χ0v) is 20.7. The van der Waals surface area contributed by atoms with Crippen LogP contribution in [0.5, 0.6) is 0 Å². The van der Waals surface area contributed by atoms with Gasteiger partial charge in [0.25, 0.3) is 0 Å². The maximum Gasteiger partial charge on any atom is 0.327 e. The third-order valence-corrected chi connectivity index (χ3v) is 5.94. The SMILES string of the molecule is CCOC(=O)Cn1nnnc1C(NC(CC(=O)O)c1cccc(C)c1)c1ccc(-c2ccccc2)cc1. The average Bonchev–Trinajstić information content (AvgIpc) is 3.34. The van der Waals surface area contributed by atoms with Crippen LogP contribution in [-0.2, 0) is 20.9 Å². The highest BCUT2D eigenvalue weighted by Gasteiger charge is 2.27. The fourth-order valence-electron chi connectivity index (χ4n) is 4.21. The van der Waals surface area contributed by atoms with Crippen molar-refractivity contribution in [2.45, 2.75) is 38.9 Å². The lowest BCUT2D eigenvalue weighted by atomic mass is 9.97. The summed E-state index contributed by atoms with van der Waals surface area (Å²) in [6.45, 7) is 3.77. The minimum Gasteiger partial charge on any atom is -0.481 e. The predicted octanol–water partition coefficient (Wildman–Crippen LogP) is 4.11. The van der Waals surface area contributed by atoms with Crippen molar-refractivity contribution in [2.24, 2.45) is 0 Å². The molecular formula is C28H29N5O4. The molecule has 4 aromatic rings. The molecule has 0 saturated heterocycles. The number of ether oxygens (including phenoxy) is 1. The first kappa shape index (κ1) is 25.7. The molecule has 0 spiro atoms. The van der Waals surface area contributed by atoms with Crippen LogP contribution in [0.1, 0.15) is 47.9 Å². The molecular weight excluding hydrogens is 470 g/mol. The van der Waals surface area contributed by atoms with Gasteiger partial charge in [-0.05, 0) is 46.5 Å². The van der Waals surface area contributed by atoms with E-state index in [1.165, 1.54) is 4.68 Å². The van der Waals surface area contributed by atoms with Gasteiger partial charge in [0.05, 0.1) is 19.1 Å². The second-order valence-corrected chi connectivity index (χ2v) is 8.65. The quantitative estimate of drug-likeness (QED) is 0.296. The molecule has 2 atom stereocenters. The van der Waals surface area contributed by atoms with E-state index >= 15 is 0 Å². The topological polar surface area (TPSA) is 119 Å². The molecule has 0 fully saturated rings. The van der Waals surface area contributed by atoms with Gasteiger partial charge in [-0.25, -0.2) is 4.68 Å². The Morgan fingerprint density at radius 1 is 0.973 bits per heavy atom. The van der Waals surface area contributed by atoms with Gasteiger partial charge in [0.2, 0.25) is 0 Å². The fourth-order valence-corrected chi connectivity index (χ4v) is 4.21. The maximum atomic E-state index is 12.2. The van der Waals surface area contributed by atoms with E-state index in [1.54, 1.807) is 6.92 Å². The fraction of sp³-hybridized carbons (Fsp3) is 0.250. The van der Waals surface area contributed by atoms with E-state index in [1.807, 2.05) is 85.8 Å². The van der Waals surface area contributed by atoms with Crippen molar-refractivity contribution < 1.29 is 19.4 Å². The van der Waals surface area contributed by atoms with Crippen LogP contribution in [0.4, 0.5) is 0 Å². The Morgan fingerprint density at radius 3 is 2.38 bits per heavy atom. The second-order valence-electron chi connectivity index (χ2n) is 8.65. The molecule has 2 unspecified atom stereocenters. The van der Waals surface area contributed by atoms with Gasteiger partial charge >= 0.3 is 11.9 Å². The van der Waals surface area contributed by atoms with Crippen molar-refractivity contribution in [3.05, 3.63) is 101 Å². The lowest BCUT2D eigenvalue weighted by Gasteiger charge is -2.25. The highest BCUT2D eigenvalue weighted by Crippen LogP contribution is 2.29. The largest absolute Gasteiger partial charge is 0.481 e. The molecule has 0 aliphatic heterocycles. The van der Waals surface area contributed by atoms with E-state index in [0.29, 0.717) is 5.82 Å². The molecule has 190 valence electrons. The Labute approximate surface area is 215 Å². The van der Waals surface area contributed by atoms with Crippen LogP contribution in [0.3, 0.4) is 0 Å². The minimum atomic E-state index is -0.941. The summed E-state index contributed by atoms with van der Waals surface area (Å²) >= 11 is 0. The summed E-state index contributed by atoms with van der Waals surface area (Å²) < 4.78 is 6.47. The number of carbonyl (C=O) groups is 2. The lowest BCUT2D eigenvalue weighted by Crippen LogP contribution is -2.32. The third kappa shape index (κ3) is 6.65. The number of nitrogens with zero attached hydrogens (tertiary/aromatic N) is 4. The molecule has 4 rings (SSSR count). The van der Waals surface area contributed by atoms with Crippen LogP contribution in [-0.4, -0.2) is 43.9 Å². The average molecular weight is 500 g/mol. The molecule has 0 aliphatic rings. The van der Waals surface area contributed by atoms with Gasteiger partial charge in [0.1, 0.15) is 6.54 Å². The zero-order valence-electron chi connectivity index (χ0n) is 20.7. The molecule has 1 aromatic heterocycles. The highest BCUT2D eigenvalue weighted by atomic mass is 16.5. The molecule has 0 radical (unpaired) electrons. The molecule has 9 nitrogen and oxygen atoms in total. The summed E-state index contributed by atoms with van der Waals surface area (Å²) in [6, 6.07) is 24.5. The maximum absolute atomic E-state index is 12.2. The molecule has 0 bridgehead atoms. The first-order valence-electron chi connectivity index (χ1n) is 12.1. The smallest absolute Gasteiger partial charge is 0.327 e. The number of carbonyl (C=O) groups excluding carboxylic acids is 1. The summed E-state index contributed by atoms with van der Waals surface area (Å²) in [7, 11) is 0. The number of rotatable bonds is 11. The van der Waals surface area contributed by atoms with E-state index in [-0.39, 0.29) is 19.6 Å². The van der Waals surface area contributed by atoms with E-state index in [2.05, 4.69) is 20.8 Å². The number of hydrogen-bond acceptors (Lipinski definition) is 7. The van der Waals surface area contributed by atoms with Gasteiger partial charge in [-0.3, -0.25) is 14.9 Å². The number of aromatic nitrogens is 4. The summed E-state index contributed by atoms with van der Waals surface area (Å²) in [5.41, 5.74) is 4.79. The van der Waals surface area contributed by atoms with Crippen LogP contribution in [0.25, 0.3) is 11.1 Å². The number of carboxylic acid groups (broad SMARTS) is 1. The Morgan fingerprint density at radius 2 is 1.70 bits per heavy atom. The molecule has 0 aliphatic carbocycles. The van der Waals surface area contributed by atoms with E-state index in [0.717, 1.165) is 27.8 Å². The van der Waals surface area contributed by atoms with Crippen molar-refractivity contribution in [1.82, 2.24) is 25.5 Å². The third-order valence-electron chi connectivity index (χ3n) is 5.94. The number of benzene rings is 3. The van der Waals surface area contributed by atoms with E-state index in [9.17, 15) is 14.7 Å². The van der Waals surface area contributed by atoms with Crippen LogP contribution in [0.2, 0.25) is 0 Å². The summed E-state index contributed by atoms with van der Waals surface area (Å²) in [5, 5.41) is 25.2. The first-order chi connectivity index (χ1) is 17.9. The number of carboxylic acids is 1. The van der Waals surface area contributed by atoms with Crippen molar-refractivity contribution in [3.63, 3.8) is 0 Å². The van der Waals surface area contributed by atoms with Crippen molar-refractivity contribution in [1.29, 1.82) is 0 Å². The Balaban J connectivity index is 1.73. The number of hydrogen-bond donors (Lipinski definition) is 2. The molecule has 37 heavy (non-hydrogen) atoms. The number of nitrogens with one attached hydrogen (secondary N) is 1. The van der Waals surface area contributed by atoms with E-state index < -0.39 is 24.0 Å². The van der Waals surface area contributed by atoms with Crippen molar-refractivity contribution in [2.75, 3.05) is 6.61 Å². The number of tetrazole rings is 1. The molecule has 2 N–H and O–H groups in total. The highest BCUT2D eigenvalue weighted by molar-refractivity contribution is 5.69. The molecule has 9 heteroatoms. The number of esters is 1. The van der Waals surface area contributed by atoms with Crippen molar-refractivity contribution in [3.8, 4) is 11.1 Å². The van der Waals surface area contributed by atoms with Crippen molar-refractivity contribution >= 4 is 11.9 Å². The summed E-state index contributed by atoms with van der Waals surface area (Å²) in [4.78, 5) is 24.0. The molecule has 0 amide bonds. The predicted molar refractivity (Wildman–Crippen MR) is 137 cm³/mol. The molecule has 0 saturated carbocycles. The number of aryl methyl sites for hydroxylation is 1. The first-order valence-corrected chi connectivity index (χ1v) is 12.1. The Hall–Kier alpha value is -4.37. The zero-order chi connectivity index (χ0) is 26.2. The van der Waals surface area contributed by atoms with Crippen LogP contribution < -0.4 is 5.32 Å². The Bertz CT molecular complexity index is 1340. The lowest BCUT2D eigenvalue weighted by molar-refractivity contribution is -0.144. The van der Waals surface area contributed by atoms with Gasteiger partial charge in [-0.15, -0.1) is 5.10 Å². The van der Waals surface area contributed by atoms with Crippen LogP contribution in [0.15, 0.2) is 78.9 Å². The molecule has 1 heterocycles. The van der Waals surface area contributed by atoms with Crippen LogP contribution in [0, 0.1) is 6.92 Å². The monoisotopic (exact) mass is 499 g/mol. The minimum absolute atomic E-state index is 0.151. The Kier molecular flexibility index (Phi) is 8.37. The summed E-state index contributed by atoms with van der Waals surface area (Å²) in [5.74, 6) is -1.03. The van der Waals surface area contributed by atoms with Gasteiger partial charge in [-0.2, -0.15) is 0 Å². The second kappa shape index (κ2) is 12.0. The van der Waals surface area contributed by atoms with Gasteiger partial charge in [0, 0.05) is 6.04 Å². The summed E-state index contributed by atoms with van der Waals surface area (Å²) in [6.07, 6.45) is -0.151. The van der Waals surface area contributed by atoms with Gasteiger partial charge in [0.15, 0.2) is 5.82 Å².